The van der Waals surface area contributed by atoms with Gasteiger partial charge in [-0.1, -0.05) is 73.0 Å². The average molecular weight is 516 g/mol. The topological polar surface area (TPSA) is 61.4 Å². The molecule has 0 radical (unpaired) electrons. The summed E-state index contributed by atoms with van der Waals surface area (Å²) in [6.07, 6.45) is 14.5. The molecule has 2 aliphatic carbocycles. The number of amides is 2. The predicted molar refractivity (Wildman–Crippen MR) is 147 cm³/mol. The van der Waals surface area contributed by atoms with Crippen LogP contribution in [0.3, 0.4) is 0 Å². The van der Waals surface area contributed by atoms with Gasteiger partial charge in [-0.3, -0.25) is 9.59 Å². The fourth-order valence-electron chi connectivity index (χ4n) is 6.98. The molecule has 2 aliphatic heterocycles. The molecule has 0 spiro atoms. The SMILES string of the molecule is O=C(N[C@@H]1CCCCC1C(=O)N1CC[C@@H]2[C@H](C3C=CC=CC3)Nc3cc(Cl)ccc3[C@@H]21)c1ccccc1. The fourth-order valence-corrected chi connectivity index (χ4v) is 7.15. The van der Waals surface area contributed by atoms with Gasteiger partial charge in [0, 0.05) is 46.7 Å². The second kappa shape index (κ2) is 10.4. The van der Waals surface area contributed by atoms with Gasteiger partial charge in [0.05, 0.1) is 12.0 Å². The van der Waals surface area contributed by atoms with E-state index in [0.717, 1.165) is 56.3 Å². The summed E-state index contributed by atoms with van der Waals surface area (Å²) >= 11 is 6.41. The highest BCUT2D eigenvalue weighted by Crippen LogP contribution is 2.50. The van der Waals surface area contributed by atoms with Crippen molar-refractivity contribution in [2.24, 2.45) is 17.8 Å². The van der Waals surface area contributed by atoms with Gasteiger partial charge < -0.3 is 15.5 Å². The molecule has 0 bridgehead atoms. The van der Waals surface area contributed by atoms with Crippen LogP contribution in [0.4, 0.5) is 5.69 Å². The quantitative estimate of drug-likeness (QED) is 0.513. The third-order valence-electron chi connectivity index (χ3n) is 8.76. The maximum Gasteiger partial charge on any atom is 0.251 e. The maximum atomic E-state index is 14.2. The average Bonchev–Trinajstić information content (AvgIpc) is 3.39. The zero-order valence-electron chi connectivity index (χ0n) is 21.0. The third kappa shape index (κ3) is 4.70. The summed E-state index contributed by atoms with van der Waals surface area (Å²) in [4.78, 5) is 29.4. The van der Waals surface area contributed by atoms with Crippen LogP contribution in [-0.2, 0) is 4.79 Å². The monoisotopic (exact) mass is 515 g/mol. The lowest BCUT2D eigenvalue weighted by atomic mass is 9.75. The molecule has 6 atom stereocenters. The molecule has 1 saturated heterocycles. The van der Waals surface area contributed by atoms with E-state index in [0.29, 0.717) is 22.4 Å². The van der Waals surface area contributed by atoms with Crippen LogP contribution < -0.4 is 10.6 Å². The highest BCUT2D eigenvalue weighted by atomic mass is 35.5. The number of anilines is 1. The maximum absolute atomic E-state index is 14.2. The first-order valence-electron chi connectivity index (χ1n) is 13.7. The number of halogens is 1. The van der Waals surface area contributed by atoms with Crippen LogP contribution in [0.2, 0.25) is 5.02 Å². The van der Waals surface area contributed by atoms with Gasteiger partial charge in [-0.25, -0.2) is 0 Å². The number of nitrogens with one attached hydrogen (secondary N) is 2. The summed E-state index contributed by atoms with van der Waals surface area (Å²) < 4.78 is 0. The van der Waals surface area contributed by atoms with Crippen LogP contribution in [0.5, 0.6) is 0 Å². The smallest absolute Gasteiger partial charge is 0.251 e. The normalized spacial score (nSPS) is 30.2. The van der Waals surface area contributed by atoms with Crippen molar-refractivity contribution in [3.8, 4) is 0 Å². The zero-order chi connectivity index (χ0) is 25.4. The van der Waals surface area contributed by atoms with E-state index < -0.39 is 0 Å². The van der Waals surface area contributed by atoms with Crippen LogP contribution in [0.25, 0.3) is 0 Å². The number of hydrogen-bond acceptors (Lipinski definition) is 3. The van der Waals surface area contributed by atoms with Gasteiger partial charge in [-0.05, 0) is 55.5 Å². The molecule has 2 fully saturated rings. The van der Waals surface area contributed by atoms with Crippen molar-refractivity contribution in [2.45, 2.75) is 56.7 Å². The van der Waals surface area contributed by atoms with E-state index in [2.05, 4.69) is 45.9 Å². The molecule has 2 unspecified atom stereocenters. The Kier molecular flexibility index (Phi) is 6.81. The van der Waals surface area contributed by atoms with E-state index in [4.69, 9.17) is 11.6 Å². The molecule has 2 aromatic rings. The Hall–Kier alpha value is -3.05. The van der Waals surface area contributed by atoms with E-state index >= 15 is 0 Å². The minimum absolute atomic E-state index is 0.0257. The molecule has 4 aliphatic rings. The van der Waals surface area contributed by atoms with Crippen LogP contribution in [0.1, 0.15) is 60.5 Å². The molecule has 5 nitrogen and oxygen atoms in total. The minimum Gasteiger partial charge on any atom is -0.381 e. The lowest BCUT2D eigenvalue weighted by Gasteiger charge is -2.44. The van der Waals surface area contributed by atoms with Crippen molar-refractivity contribution in [3.05, 3.63) is 89.0 Å². The van der Waals surface area contributed by atoms with Crippen molar-refractivity contribution >= 4 is 29.1 Å². The zero-order valence-corrected chi connectivity index (χ0v) is 21.7. The molecule has 0 aromatic heterocycles. The molecule has 2 N–H and O–H groups in total. The van der Waals surface area contributed by atoms with E-state index in [1.807, 2.05) is 42.5 Å². The Morgan fingerprint density at radius 3 is 2.65 bits per heavy atom. The summed E-state index contributed by atoms with van der Waals surface area (Å²) in [6, 6.07) is 15.5. The molecule has 6 rings (SSSR count). The van der Waals surface area contributed by atoms with Crippen molar-refractivity contribution in [1.29, 1.82) is 0 Å². The van der Waals surface area contributed by atoms with Crippen molar-refractivity contribution in [2.75, 3.05) is 11.9 Å². The number of rotatable bonds is 4. The van der Waals surface area contributed by atoms with Crippen LogP contribution in [0, 0.1) is 17.8 Å². The third-order valence-corrected chi connectivity index (χ3v) is 8.99. The summed E-state index contributed by atoms with van der Waals surface area (Å²) in [5.74, 6) is 0.614. The van der Waals surface area contributed by atoms with Crippen LogP contribution in [0.15, 0.2) is 72.8 Å². The lowest BCUT2D eigenvalue weighted by Crippen LogP contribution is -2.51. The summed E-state index contributed by atoms with van der Waals surface area (Å²) in [6.45, 7) is 0.747. The van der Waals surface area contributed by atoms with Gasteiger partial charge in [-0.2, -0.15) is 0 Å². The summed E-state index contributed by atoms with van der Waals surface area (Å²) in [5.41, 5.74) is 2.84. The molecule has 192 valence electrons. The molecule has 2 amide bonds. The Bertz CT molecular complexity index is 1230. The first-order chi connectivity index (χ1) is 18.1. The van der Waals surface area contributed by atoms with Crippen molar-refractivity contribution in [3.63, 3.8) is 0 Å². The summed E-state index contributed by atoms with van der Waals surface area (Å²) in [5, 5.41) is 7.73. The Labute approximate surface area is 224 Å². The number of carbonyl (C=O) groups excluding carboxylic acids is 2. The Morgan fingerprint density at radius 1 is 1.00 bits per heavy atom. The van der Waals surface area contributed by atoms with Gasteiger partial charge >= 0.3 is 0 Å². The van der Waals surface area contributed by atoms with Crippen LogP contribution in [-0.4, -0.2) is 35.3 Å². The molecule has 2 aromatic carbocycles. The number of hydrogen-bond donors (Lipinski definition) is 2. The number of benzene rings is 2. The highest BCUT2D eigenvalue weighted by Gasteiger charge is 2.49. The number of likely N-dealkylation sites (tertiary alicyclic amines) is 1. The van der Waals surface area contributed by atoms with Gasteiger partial charge in [0.1, 0.15) is 0 Å². The molecule has 2 heterocycles. The molecule has 37 heavy (non-hydrogen) atoms. The predicted octanol–water partition coefficient (Wildman–Crippen LogP) is 6.14. The lowest BCUT2D eigenvalue weighted by molar-refractivity contribution is -0.139. The number of allylic oxidation sites excluding steroid dienone is 3. The first kappa shape index (κ1) is 24.3. The van der Waals surface area contributed by atoms with E-state index in [1.165, 1.54) is 0 Å². The van der Waals surface area contributed by atoms with Crippen molar-refractivity contribution < 1.29 is 9.59 Å². The van der Waals surface area contributed by atoms with Gasteiger partial charge in [-0.15, -0.1) is 0 Å². The molecule has 6 heteroatoms. The van der Waals surface area contributed by atoms with E-state index in [9.17, 15) is 9.59 Å². The fraction of sp³-hybridized carbons (Fsp3) is 0.419. The number of carbonyl (C=O) groups is 2. The Morgan fingerprint density at radius 2 is 1.84 bits per heavy atom. The highest BCUT2D eigenvalue weighted by molar-refractivity contribution is 6.30. The minimum atomic E-state index is -0.193. The van der Waals surface area contributed by atoms with Crippen molar-refractivity contribution in [1.82, 2.24) is 10.2 Å². The van der Waals surface area contributed by atoms with Gasteiger partial charge in [0.2, 0.25) is 5.91 Å². The second-order valence-corrected chi connectivity index (χ2v) is 11.3. The number of nitrogens with zero attached hydrogens (tertiary/aromatic N) is 1. The molecular weight excluding hydrogens is 482 g/mol. The first-order valence-corrected chi connectivity index (χ1v) is 14.0. The number of fused-ring (bicyclic) bond motifs is 3. The Balaban J connectivity index is 1.27. The molecule has 1 saturated carbocycles. The largest absolute Gasteiger partial charge is 0.381 e. The van der Waals surface area contributed by atoms with Gasteiger partial charge in [0.15, 0.2) is 0 Å². The standard InChI is InChI=1S/C31H34ClN3O2/c32-22-15-16-23-27(19-22)33-28(20-9-3-1-4-10-20)25-17-18-35(29(23)25)31(37)24-13-7-8-14-26(24)34-30(36)21-11-5-2-6-12-21/h1-6,9,11-12,15-16,19-20,24-26,28-29,33H,7-8,10,13-14,17-18H2,(H,34,36)/t20?,24?,25-,26-,28+,29+/m1/s1. The summed E-state index contributed by atoms with van der Waals surface area (Å²) in [7, 11) is 0. The van der Waals surface area contributed by atoms with Crippen LogP contribution >= 0.6 is 11.6 Å². The van der Waals surface area contributed by atoms with E-state index in [1.54, 1.807) is 0 Å². The van der Waals surface area contributed by atoms with Gasteiger partial charge in [0.25, 0.3) is 5.91 Å². The van der Waals surface area contributed by atoms with E-state index in [-0.39, 0.29) is 35.9 Å². The second-order valence-electron chi connectivity index (χ2n) is 10.9. The molecular formula is C31H34ClN3O2.